The summed E-state index contributed by atoms with van der Waals surface area (Å²) in [5.41, 5.74) is 5.38. The maximum absolute atomic E-state index is 11.9. The number of nitrogens with two attached hydrogens (primary N) is 1. The zero-order valence-corrected chi connectivity index (χ0v) is 10.9. The van der Waals surface area contributed by atoms with E-state index >= 15 is 0 Å². The highest BCUT2D eigenvalue weighted by molar-refractivity contribution is 5.81. The van der Waals surface area contributed by atoms with Gasteiger partial charge in [-0.15, -0.1) is 0 Å². The van der Waals surface area contributed by atoms with E-state index in [1.54, 1.807) is 19.4 Å². The topological polar surface area (TPSA) is 100.0 Å². The number of aryl methyl sites for hydroxylation is 1. The predicted octanol–water partition coefficient (Wildman–Crippen LogP) is -1.35. The monoisotopic (exact) mass is 266 g/mol. The van der Waals surface area contributed by atoms with E-state index in [-0.39, 0.29) is 11.4 Å². The fraction of sp³-hybridized carbons (Fsp3) is 0.545. The van der Waals surface area contributed by atoms with Crippen LogP contribution in [-0.2, 0) is 7.05 Å². The molecule has 0 unspecified atom stereocenters. The summed E-state index contributed by atoms with van der Waals surface area (Å²) in [6, 6.07) is 0. The van der Waals surface area contributed by atoms with Crippen LogP contribution in [0.1, 0.15) is 0 Å². The summed E-state index contributed by atoms with van der Waals surface area (Å²) in [4.78, 5) is 20.1. The van der Waals surface area contributed by atoms with Gasteiger partial charge in [0.05, 0.1) is 6.54 Å². The molecule has 0 aromatic carbocycles. The number of hydrogen-bond donors (Lipinski definition) is 2. The summed E-state index contributed by atoms with van der Waals surface area (Å²) >= 11 is 0. The molecule has 0 atom stereocenters. The van der Waals surface area contributed by atoms with E-state index in [0.717, 1.165) is 13.1 Å². The maximum atomic E-state index is 11.9. The van der Waals surface area contributed by atoms with Crippen molar-refractivity contribution < 1.29 is 5.21 Å². The van der Waals surface area contributed by atoms with Gasteiger partial charge in [0.2, 0.25) is 0 Å². The van der Waals surface area contributed by atoms with Gasteiger partial charge in [-0.3, -0.25) is 9.69 Å². The average molecular weight is 266 g/mol. The Bertz CT molecular complexity index is 518. The second kappa shape index (κ2) is 5.70. The zero-order chi connectivity index (χ0) is 13.8. The van der Waals surface area contributed by atoms with Gasteiger partial charge in [0.25, 0.3) is 5.56 Å². The number of nitrogens with zero attached hydrogens (tertiary/aromatic N) is 5. The summed E-state index contributed by atoms with van der Waals surface area (Å²) < 4.78 is 1.52. The lowest BCUT2D eigenvalue weighted by atomic mass is 10.3. The molecule has 1 aromatic heterocycles. The Kier molecular flexibility index (Phi) is 4.00. The SMILES string of the molecule is Cn1ccnc(N2CCN(CC(N)=NO)CC2)c1=O. The van der Waals surface area contributed by atoms with Crippen molar-refractivity contribution >= 4 is 11.7 Å². The third kappa shape index (κ3) is 3.02. The van der Waals surface area contributed by atoms with E-state index in [4.69, 9.17) is 10.9 Å². The largest absolute Gasteiger partial charge is 0.409 e. The Balaban J connectivity index is 2.00. The maximum Gasteiger partial charge on any atom is 0.293 e. The van der Waals surface area contributed by atoms with Gasteiger partial charge in [-0.05, 0) is 0 Å². The minimum atomic E-state index is -0.0904. The highest BCUT2D eigenvalue weighted by atomic mass is 16.4. The first-order chi connectivity index (χ1) is 9.11. The molecule has 0 bridgehead atoms. The van der Waals surface area contributed by atoms with Gasteiger partial charge < -0.3 is 20.4 Å². The van der Waals surface area contributed by atoms with Gasteiger partial charge in [0.1, 0.15) is 0 Å². The van der Waals surface area contributed by atoms with Crippen molar-refractivity contribution in [1.82, 2.24) is 14.5 Å². The van der Waals surface area contributed by atoms with Crippen LogP contribution in [0.15, 0.2) is 22.3 Å². The Hall–Kier alpha value is -2.09. The zero-order valence-electron chi connectivity index (χ0n) is 10.9. The summed E-state index contributed by atoms with van der Waals surface area (Å²) in [5, 5.41) is 11.5. The molecule has 1 fully saturated rings. The molecule has 2 rings (SSSR count). The Morgan fingerprint density at radius 2 is 2.16 bits per heavy atom. The van der Waals surface area contributed by atoms with Gasteiger partial charge in [0.15, 0.2) is 11.7 Å². The smallest absolute Gasteiger partial charge is 0.293 e. The molecule has 1 aromatic rings. The molecule has 8 nitrogen and oxygen atoms in total. The van der Waals surface area contributed by atoms with Gasteiger partial charge in [-0.1, -0.05) is 5.16 Å². The van der Waals surface area contributed by atoms with Crippen LogP contribution in [0.3, 0.4) is 0 Å². The Morgan fingerprint density at radius 1 is 1.47 bits per heavy atom. The van der Waals surface area contributed by atoms with Crippen LogP contribution in [0, 0.1) is 0 Å². The summed E-state index contributed by atoms with van der Waals surface area (Å²) in [5.74, 6) is 0.677. The summed E-state index contributed by atoms with van der Waals surface area (Å²) in [7, 11) is 1.71. The van der Waals surface area contributed by atoms with E-state index in [2.05, 4.69) is 15.0 Å². The Labute approximate surface area is 110 Å². The molecule has 104 valence electrons. The molecule has 0 aliphatic carbocycles. The van der Waals surface area contributed by atoms with Crippen LogP contribution in [0.5, 0.6) is 0 Å². The molecule has 1 saturated heterocycles. The third-order valence-corrected chi connectivity index (χ3v) is 3.18. The lowest BCUT2D eigenvalue weighted by Crippen LogP contribution is -2.50. The molecule has 0 spiro atoms. The average Bonchev–Trinajstić information content (AvgIpc) is 2.43. The molecule has 2 heterocycles. The van der Waals surface area contributed by atoms with Crippen molar-refractivity contribution in [3.8, 4) is 0 Å². The van der Waals surface area contributed by atoms with Crippen LogP contribution >= 0.6 is 0 Å². The summed E-state index contributed by atoms with van der Waals surface area (Å²) in [6.07, 6.45) is 3.26. The van der Waals surface area contributed by atoms with E-state index in [0.29, 0.717) is 25.5 Å². The number of rotatable bonds is 3. The van der Waals surface area contributed by atoms with E-state index in [1.807, 2.05) is 4.90 Å². The van der Waals surface area contributed by atoms with Crippen LogP contribution < -0.4 is 16.2 Å². The first-order valence-corrected chi connectivity index (χ1v) is 6.07. The van der Waals surface area contributed by atoms with Crippen molar-refractivity contribution in [2.24, 2.45) is 17.9 Å². The van der Waals surface area contributed by atoms with E-state index in [9.17, 15) is 4.79 Å². The molecule has 1 aliphatic rings. The second-order valence-electron chi connectivity index (χ2n) is 4.52. The van der Waals surface area contributed by atoms with Crippen LogP contribution in [0.25, 0.3) is 0 Å². The number of amidine groups is 1. The van der Waals surface area contributed by atoms with E-state index in [1.165, 1.54) is 4.57 Å². The van der Waals surface area contributed by atoms with Crippen molar-refractivity contribution in [3.05, 3.63) is 22.7 Å². The number of oxime groups is 1. The highest BCUT2D eigenvalue weighted by Gasteiger charge is 2.20. The summed E-state index contributed by atoms with van der Waals surface area (Å²) in [6.45, 7) is 3.33. The minimum Gasteiger partial charge on any atom is -0.409 e. The molecule has 3 N–H and O–H groups in total. The quantitative estimate of drug-likeness (QED) is 0.304. The van der Waals surface area contributed by atoms with Crippen molar-refractivity contribution in [2.45, 2.75) is 0 Å². The lowest BCUT2D eigenvalue weighted by molar-refractivity contribution is 0.278. The molecular formula is C11H18N6O2. The molecule has 0 radical (unpaired) electrons. The molecule has 1 aliphatic heterocycles. The molecular weight excluding hydrogens is 248 g/mol. The van der Waals surface area contributed by atoms with Gasteiger partial charge in [0, 0.05) is 45.6 Å². The molecule has 8 heteroatoms. The lowest BCUT2D eigenvalue weighted by Gasteiger charge is -2.34. The third-order valence-electron chi connectivity index (χ3n) is 3.18. The number of piperazine rings is 1. The van der Waals surface area contributed by atoms with Gasteiger partial charge in [-0.2, -0.15) is 0 Å². The molecule has 19 heavy (non-hydrogen) atoms. The first-order valence-electron chi connectivity index (χ1n) is 6.07. The molecule has 0 saturated carbocycles. The van der Waals surface area contributed by atoms with Crippen molar-refractivity contribution in [2.75, 3.05) is 37.6 Å². The van der Waals surface area contributed by atoms with Crippen LogP contribution in [0.4, 0.5) is 5.82 Å². The Morgan fingerprint density at radius 3 is 2.79 bits per heavy atom. The van der Waals surface area contributed by atoms with Crippen molar-refractivity contribution in [1.29, 1.82) is 0 Å². The number of aromatic nitrogens is 2. The fourth-order valence-corrected chi connectivity index (χ4v) is 2.08. The normalized spacial score (nSPS) is 17.7. The minimum absolute atomic E-state index is 0.0904. The van der Waals surface area contributed by atoms with Gasteiger partial charge >= 0.3 is 0 Å². The van der Waals surface area contributed by atoms with E-state index < -0.39 is 0 Å². The van der Waals surface area contributed by atoms with Crippen LogP contribution in [-0.4, -0.2) is 58.2 Å². The molecule has 0 amide bonds. The van der Waals surface area contributed by atoms with Gasteiger partial charge in [-0.25, -0.2) is 4.98 Å². The predicted molar refractivity (Wildman–Crippen MR) is 71.5 cm³/mol. The number of anilines is 1. The second-order valence-corrected chi connectivity index (χ2v) is 4.52. The van der Waals surface area contributed by atoms with Crippen molar-refractivity contribution in [3.63, 3.8) is 0 Å². The first kappa shape index (κ1) is 13.3. The standard InChI is InChI=1S/C11H18N6O2/c1-15-3-2-13-10(11(15)18)17-6-4-16(5-7-17)8-9(12)14-19/h2-3,19H,4-8H2,1H3,(H2,12,14). The fourth-order valence-electron chi connectivity index (χ4n) is 2.08. The highest BCUT2D eigenvalue weighted by Crippen LogP contribution is 2.08. The number of hydrogen-bond acceptors (Lipinski definition) is 6. The van der Waals surface area contributed by atoms with Crippen LogP contribution in [0.2, 0.25) is 0 Å².